The van der Waals surface area contributed by atoms with E-state index < -0.39 is 17.0 Å². The number of carboxylic acid groups (broad SMARTS) is 1. The van der Waals surface area contributed by atoms with E-state index in [9.17, 15) is 14.4 Å². The lowest BCUT2D eigenvalue weighted by molar-refractivity contribution is 0.0693. The maximum Gasteiger partial charge on any atom is 0.342 e. The molecule has 0 atom stereocenters. The van der Waals surface area contributed by atoms with Gasteiger partial charge in [0.05, 0.1) is 5.39 Å². The number of hydrogen-bond donors (Lipinski definition) is 2. The van der Waals surface area contributed by atoms with Gasteiger partial charge in [-0.1, -0.05) is 0 Å². The predicted octanol–water partition coefficient (Wildman–Crippen LogP) is 1.33. The third-order valence-corrected chi connectivity index (χ3v) is 2.85. The van der Waals surface area contributed by atoms with E-state index in [4.69, 9.17) is 9.52 Å². The first-order valence-corrected chi connectivity index (χ1v) is 5.38. The Labute approximate surface area is 104 Å². The first-order chi connectivity index (χ1) is 9.06. The molecule has 1 aromatic carbocycles. The average molecular weight is 257 g/mol. The van der Waals surface area contributed by atoms with Gasteiger partial charge in [0.1, 0.15) is 17.4 Å². The number of carbonyl (C=O) groups is 1. The van der Waals surface area contributed by atoms with Crippen LogP contribution in [0.3, 0.4) is 0 Å². The van der Waals surface area contributed by atoms with Gasteiger partial charge in [0.2, 0.25) is 11.0 Å². The fourth-order valence-corrected chi connectivity index (χ4v) is 1.93. The van der Waals surface area contributed by atoms with Crippen LogP contribution in [0.1, 0.15) is 10.4 Å². The third-order valence-electron chi connectivity index (χ3n) is 2.85. The van der Waals surface area contributed by atoms with E-state index >= 15 is 0 Å². The number of aromatic carboxylic acids is 1. The van der Waals surface area contributed by atoms with E-state index in [-0.39, 0.29) is 16.5 Å². The summed E-state index contributed by atoms with van der Waals surface area (Å²) >= 11 is 0. The van der Waals surface area contributed by atoms with Crippen LogP contribution in [-0.2, 0) is 0 Å². The van der Waals surface area contributed by atoms with Crippen LogP contribution in [0, 0.1) is 0 Å². The van der Waals surface area contributed by atoms with E-state index in [1.807, 2.05) is 0 Å². The Kier molecular flexibility index (Phi) is 2.25. The van der Waals surface area contributed by atoms with Crippen LogP contribution >= 0.6 is 0 Å². The molecular weight excluding hydrogens is 250 g/mol. The monoisotopic (exact) mass is 257 g/mol. The number of rotatable bonds is 1. The molecule has 19 heavy (non-hydrogen) atoms. The minimum absolute atomic E-state index is 0.120. The summed E-state index contributed by atoms with van der Waals surface area (Å²) in [6, 6.07) is 5.95. The largest absolute Gasteiger partial charge is 0.477 e. The van der Waals surface area contributed by atoms with Crippen molar-refractivity contribution >= 4 is 27.8 Å². The first kappa shape index (κ1) is 11.2. The van der Waals surface area contributed by atoms with Crippen LogP contribution in [0.2, 0.25) is 0 Å². The standard InChI is InChI=1S/C13H7NO5/c15-11-2-1-6-3-10-7(4-9(6)14-11)12(16)8(5-19-10)13(17)18/h1-5H,(H,14,15)(H,17,18). The summed E-state index contributed by atoms with van der Waals surface area (Å²) in [5.74, 6) is -1.35. The zero-order chi connectivity index (χ0) is 13.6. The minimum atomic E-state index is -1.35. The van der Waals surface area contributed by atoms with E-state index in [0.717, 1.165) is 6.26 Å². The third kappa shape index (κ3) is 1.70. The summed E-state index contributed by atoms with van der Waals surface area (Å²) < 4.78 is 5.15. The molecule has 94 valence electrons. The molecule has 2 heterocycles. The Morgan fingerprint density at radius 1 is 1.21 bits per heavy atom. The van der Waals surface area contributed by atoms with Gasteiger partial charge in [-0.3, -0.25) is 9.59 Å². The molecular formula is C13H7NO5. The Bertz CT molecular complexity index is 935. The summed E-state index contributed by atoms with van der Waals surface area (Å²) in [4.78, 5) is 36.6. The molecule has 0 radical (unpaired) electrons. The van der Waals surface area contributed by atoms with Crippen molar-refractivity contribution in [3.8, 4) is 0 Å². The number of hydrogen-bond acceptors (Lipinski definition) is 4. The van der Waals surface area contributed by atoms with Gasteiger partial charge in [-0.15, -0.1) is 0 Å². The van der Waals surface area contributed by atoms with E-state index in [1.54, 1.807) is 12.1 Å². The number of benzene rings is 1. The topological polar surface area (TPSA) is 100 Å². The van der Waals surface area contributed by atoms with Gasteiger partial charge in [-0.05, 0) is 18.2 Å². The molecule has 2 aromatic heterocycles. The molecule has 0 aliphatic rings. The fraction of sp³-hybridized carbons (Fsp3) is 0. The Hall–Kier alpha value is -2.89. The second-order valence-corrected chi connectivity index (χ2v) is 4.04. The molecule has 6 heteroatoms. The highest BCUT2D eigenvalue weighted by molar-refractivity contribution is 5.96. The molecule has 0 unspecified atom stereocenters. The maximum absolute atomic E-state index is 12.0. The smallest absolute Gasteiger partial charge is 0.342 e. The molecule has 3 aromatic rings. The number of aromatic amines is 1. The highest BCUT2D eigenvalue weighted by Gasteiger charge is 2.13. The molecule has 0 aliphatic carbocycles. The van der Waals surface area contributed by atoms with Crippen molar-refractivity contribution in [1.82, 2.24) is 4.98 Å². The van der Waals surface area contributed by atoms with Gasteiger partial charge in [0.25, 0.3) is 0 Å². The summed E-state index contributed by atoms with van der Waals surface area (Å²) in [5, 5.41) is 9.68. The number of H-pyrrole nitrogens is 1. The molecule has 3 rings (SSSR count). The van der Waals surface area contributed by atoms with Crippen LogP contribution in [-0.4, -0.2) is 16.1 Å². The van der Waals surface area contributed by atoms with Gasteiger partial charge in [0, 0.05) is 17.0 Å². The molecule has 0 spiro atoms. The Morgan fingerprint density at radius 2 is 2.00 bits per heavy atom. The zero-order valence-corrected chi connectivity index (χ0v) is 9.47. The molecule has 0 saturated heterocycles. The predicted molar refractivity (Wildman–Crippen MR) is 67.6 cm³/mol. The first-order valence-electron chi connectivity index (χ1n) is 5.38. The number of aromatic nitrogens is 1. The van der Waals surface area contributed by atoms with E-state index in [2.05, 4.69) is 4.98 Å². The fourth-order valence-electron chi connectivity index (χ4n) is 1.93. The number of pyridine rings is 1. The number of carboxylic acids is 1. The van der Waals surface area contributed by atoms with Gasteiger partial charge >= 0.3 is 5.97 Å². The number of nitrogens with one attached hydrogen (secondary N) is 1. The van der Waals surface area contributed by atoms with Crippen molar-refractivity contribution < 1.29 is 14.3 Å². The van der Waals surface area contributed by atoms with Crippen LogP contribution in [0.15, 0.2) is 44.5 Å². The quantitative estimate of drug-likeness (QED) is 0.640. The van der Waals surface area contributed by atoms with Crippen LogP contribution in [0.5, 0.6) is 0 Å². The molecule has 6 nitrogen and oxygen atoms in total. The molecule has 0 amide bonds. The van der Waals surface area contributed by atoms with Crippen molar-refractivity contribution in [3.63, 3.8) is 0 Å². The van der Waals surface area contributed by atoms with Crippen molar-refractivity contribution in [2.24, 2.45) is 0 Å². The average Bonchev–Trinajstić information content (AvgIpc) is 2.37. The van der Waals surface area contributed by atoms with E-state index in [0.29, 0.717) is 10.9 Å². The summed E-state index contributed by atoms with van der Waals surface area (Å²) in [6.07, 6.45) is 0.921. The molecule has 2 N–H and O–H groups in total. The van der Waals surface area contributed by atoms with Gasteiger partial charge in [-0.2, -0.15) is 0 Å². The van der Waals surface area contributed by atoms with Gasteiger partial charge in [-0.25, -0.2) is 4.79 Å². The number of fused-ring (bicyclic) bond motifs is 2. The van der Waals surface area contributed by atoms with Gasteiger partial charge in [0.15, 0.2) is 0 Å². The highest BCUT2D eigenvalue weighted by atomic mass is 16.4. The lowest BCUT2D eigenvalue weighted by atomic mass is 10.1. The summed E-state index contributed by atoms with van der Waals surface area (Å²) in [7, 11) is 0. The lowest BCUT2D eigenvalue weighted by Gasteiger charge is -2.01. The van der Waals surface area contributed by atoms with Crippen LogP contribution in [0.25, 0.3) is 21.9 Å². The normalized spacial score (nSPS) is 10.9. The van der Waals surface area contributed by atoms with Crippen molar-refractivity contribution in [2.75, 3.05) is 0 Å². The van der Waals surface area contributed by atoms with E-state index in [1.165, 1.54) is 12.1 Å². The molecule has 0 aliphatic heterocycles. The van der Waals surface area contributed by atoms with Crippen molar-refractivity contribution in [3.05, 3.63) is 56.7 Å². The SMILES string of the molecule is O=C(O)c1coc2cc3ccc(=O)[nH]c3cc2c1=O. The molecule has 0 saturated carbocycles. The Morgan fingerprint density at radius 3 is 2.74 bits per heavy atom. The zero-order valence-electron chi connectivity index (χ0n) is 9.47. The van der Waals surface area contributed by atoms with Crippen molar-refractivity contribution in [1.29, 1.82) is 0 Å². The second-order valence-electron chi connectivity index (χ2n) is 4.04. The lowest BCUT2D eigenvalue weighted by Crippen LogP contribution is -2.14. The molecule has 0 fully saturated rings. The summed E-state index contributed by atoms with van der Waals surface area (Å²) in [5.41, 5.74) is -0.652. The minimum Gasteiger partial charge on any atom is -0.477 e. The summed E-state index contributed by atoms with van der Waals surface area (Å²) in [6.45, 7) is 0. The van der Waals surface area contributed by atoms with Crippen LogP contribution in [0.4, 0.5) is 0 Å². The van der Waals surface area contributed by atoms with Crippen LogP contribution < -0.4 is 11.0 Å². The highest BCUT2D eigenvalue weighted by Crippen LogP contribution is 2.18. The second kappa shape index (κ2) is 3.81. The Balaban J connectivity index is 2.49. The molecule has 0 bridgehead atoms. The van der Waals surface area contributed by atoms with Crippen molar-refractivity contribution in [2.45, 2.75) is 0 Å². The van der Waals surface area contributed by atoms with Gasteiger partial charge < -0.3 is 14.5 Å². The maximum atomic E-state index is 12.0.